The number of benzene rings is 2. The van der Waals surface area contributed by atoms with E-state index in [0.717, 1.165) is 25.7 Å². The normalized spacial score (nSPS) is 17.3. The van der Waals surface area contributed by atoms with Crippen molar-refractivity contribution in [1.82, 2.24) is 0 Å². The van der Waals surface area contributed by atoms with Gasteiger partial charge in [0.05, 0.1) is 12.2 Å². The Kier molecular flexibility index (Phi) is 10.7. The maximum absolute atomic E-state index is 10.7. The first-order chi connectivity index (χ1) is 14.2. The van der Waals surface area contributed by atoms with E-state index in [0.29, 0.717) is 0 Å². The molecule has 0 aliphatic heterocycles. The Morgan fingerprint density at radius 1 is 0.567 bits per heavy atom. The SMILES string of the molecule is O=C(O)C(=O)c1ccccc1.O=C(O)C(=O)c1ccccc1.OC1CCC(O)CC1. The Morgan fingerprint density at radius 2 is 0.833 bits per heavy atom. The summed E-state index contributed by atoms with van der Waals surface area (Å²) in [6.07, 6.45) is 2.83. The van der Waals surface area contributed by atoms with Crippen LogP contribution < -0.4 is 0 Å². The lowest BCUT2D eigenvalue weighted by Gasteiger charge is -2.20. The molecule has 1 saturated carbocycles. The summed E-state index contributed by atoms with van der Waals surface area (Å²) in [6.45, 7) is 0. The molecule has 1 fully saturated rings. The van der Waals surface area contributed by atoms with E-state index in [1.54, 1.807) is 36.4 Å². The molecule has 3 rings (SSSR count). The molecule has 0 radical (unpaired) electrons. The molecule has 1 aliphatic rings. The molecule has 0 unspecified atom stereocenters. The number of carbonyl (C=O) groups excluding carboxylic acids is 2. The highest BCUT2D eigenvalue weighted by Gasteiger charge is 2.16. The second-order valence-electron chi connectivity index (χ2n) is 6.46. The van der Waals surface area contributed by atoms with Gasteiger partial charge < -0.3 is 20.4 Å². The number of rotatable bonds is 4. The molecule has 160 valence electrons. The number of carbonyl (C=O) groups is 4. The predicted molar refractivity (Wildman–Crippen MR) is 107 cm³/mol. The summed E-state index contributed by atoms with van der Waals surface area (Å²) in [5.41, 5.74) is 0.417. The van der Waals surface area contributed by atoms with Crippen molar-refractivity contribution in [2.45, 2.75) is 37.9 Å². The van der Waals surface area contributed by atoms with E-state index in [4.69, 9.17) is 20.4 Å². The summed E-state index contributed by atoms with van der Waals surface area (Å²) in [5.74, 6) is -4.58. The zero-order chi connectivity index (χ0) is 22.5. The van der Waals surface area contributed by atoms with Crippen LogP contribution in [0.4, 0.5) is 0 Å². The van der Waals surface area contributed by atoms with E-state index in [-0.39, 0.29) is 23.3 Å². The maximum Gasteiger partial charge on any atom is 0.377 e. The van der Waals surface area contributed by atoms with E-state index in [9.17, 15) is 19.2 Å². The number of Topliss-reactive ketones (excluding diaryl/α,β-unsaturated/α-hetero) is 2. The zero-order valence-electron chi connectivity index (χ0n) is 16.2. The fourth-order valence-corrected chi connectivity index (χ4v) is 2.48. The van der Waals surface area contributed by atoms with Gasteiger partial charge in [-0.15, -0.1) is 0 Å². The predicted octanol–water partition coefficient (Wildman–Crippen LogP) is 2.19. The highest BCUT2D eigenvalue weighted by Crippen LogP contribution is 2.17. The standard InChI is InChI=1S/2C8H6O3.C6H12O2/c2*9-7(8(10)11)6-4-2-1-3-5-6;7-5-1-2-6(8)4-3-5/h2*1-5H,(H,10,11);5-8H,1-4H2. The van der Waals surface area contributed by atoms with E-state index in [1.807, 2.05) is 0 Å². The summed E-state index contributed by atoms with van der Waals surface area (Å²) in [4.78, 5) is 41.8. The number of carboxylic acids is 2. The fraction of sp³-hybridized carbons (Fsp3) is 0.273. The van der Waals surface area contributed by atoms with Crippen molar-refractivity contribution in [3.05, 3.63) is 71.8 Å². The second kappa shape index (κ2) is 13.0. The van der Waals surface area contributed by atoms with Gasteiger partial charge >= 0.3 is 11.9 Å². The molecule has 0 heterocycles. The molecule has 0 amide bonds. The Morgan fingerprint density at radius 3 is 1.07 bits per heavy atom. The molecule has 4 N–H and O–H groups in total. The molecule has 0 spiro atoms. The third kappa shape index (κ3) is 9.22. The molecule has 0 atom stereocenters. The number of carboxylic acid groups (broad SMARTS) is 2. The van der Waals surface area contributed by atoms with Crippen LogP contribution in [-0.4, -0.2) is 56.1 Å². The minimum absolute atomic E-state index is 0.140. The molecule has 2 aromatic carbocycles. The Hall–Kier alpha value is -3.36. The van der Waals surface area contributed by atoms with Crippen LogP contribution in [0, 0.1) is 0 Å². The van der Waals surface area contributed by atoms with Crippen LogP contribution in [0.25, 0.3) is 0 Å². The molecule has 8 nitrogen and oxygen atoms in total. The van der Waals surface area contributed by atoms with Gasteiger partial charge in [0.15, 0.2) is 0 Å². The van der Waals surface area contributed by atoms with E-state index < -0.39 is 23.5 Å². The first kappa shape index (κ1) is 24.7. The van der Waals surface area contributed by atoms with Gasteiger partial charge in [-0.2, -0.15) is 0 Å². The van der Waals surface area contributed by atoms with Crippen LogP contribution in [0.3, 0.4) is 0 Å². The Bertz CT molecular complexity index is 753. The zero-order valence-corrected chi connectivity index (χ0v) is 16.2. The van der Waals surface area contributed by atoms with Gasteiger partial charge in [-0.3, -0.25) is 9.59 Å². The van der Waals surface area contributed by atoms with Crippen molar-refractivity contribution in [1.29, 1.82) is 0 Å². The quantitative estimate of drug-likeness (QED) is 0.438. The lowest BCUT2D eigenvalue weighted by molar-refractivity contribution is -0.132. The summed E-state index contributed by atoms with van der Waals surface area (Å²) < 4.78 is 0. The van der Waals surface area contributed by atoms with E-state index >= 15 is 0 Å². The summed E-state index contributed by atoms with van der Waals surface area (Å²) >= 11 is 0. The summed E-state index contributed by atoms with van der Waals surface area (Å²) in [6, 6.07) is 15.8. The lowest BCUT2D eigenvalue weighted by atomic mass is 9.95. The average Bonchev–Trinajstić information content (AvgIpc) is 2.76. The molecule has 0 saturated heterocycles. The van der Waals surface area contributed by atoms with Gasteiger partial charge in [0.25, 0.3) is 11.6 Å². The molecule has 0 aromatic heterocycles. The van der Waals surface area contributed by atoms with Crippen molar-refractivity contribution in [3.8, 4) is 0 Å². The fourth-order valence-electron chi connectivity index (χ4n) is 2.48. The van der Waals surface area contributed by atoms with Crippen molar-refractivity contribution >= 4 is 23.5 Å². The third-order valence-electron chi connectivity index (χ3n) is 4.13. The maximum atomic E-state index is 10.7. The number of aliphatic carboxylic acids is 2. The lowest BCUT2D eigenvalue weighted by Crippen LogP contribution is -2.21. The minimum Gasteiger partial charge on any atom is -0.475 e. The van der Waals surface area contributed by atoms with Crippen molar-refractivity contribution in [2.75, 3.05) is 0 Å². The minimum atomic E-state index is -1.42. The number of aliphatic hydroxyl groups is 2. The van der Waals surface area contributed by atoms with Crippen LogP contribution in [0.1, 0.15) is 46.4 Å². The van der Waals surface area contributed by atoms with E-state index in [1.165, 1.54) is 24.3 Å². The largest absolute Gasteiger partial charge is 0.475 e. The summed E-state index contributed by atoms with van der Waals surface area (Å²) in [5, 5.41) is 34.4. The van der Waals surface area contributed by atoms with Gasteiger partial charge in [0.1, 0.15) is 0 Å². The van der Waals surface area contributed by atoms with Crippen LogP contribution in [0.2, 0.25) is 0 Å². The van der Waals surface area contributed by atoms with E-state index in [2.05, 4.69) is 0 Å². The van der Waals surface area contributed by atoms with Gasteiger partial charge in [-0.25, -0.2) is 9.59 Å². The summed E-state index contributed by atoms with van der Waals surface area (Å²) in [7, 11) is 0. The van der Waals surface area contributed by atoms with Crippen molar-refractivity contribution in [2.24, 2.45) is 0 Å². The van der Waals surface area contributed by atoms with Gasteiger partial charge in [0.2, 0.25) is 0 Å². The highest BCUT2D eigenvalue weighted by atomic mass is 16.4. The first-order valence-electron chi connectivity index (χ1n) is 9.23. The number of aliphatic hydroxyl groups excluding tert-OH is 2. The van der Waals surface area contributed by atoms with Gasteiger partial charge in [-0.05, 0) is 25.7 Å². The smallest absolute Gasteiger partial charge is 0.377 e. The van der Waals surface area contributed by atoms with Crippen LogP contribution in [-0.2, 0) is 9.59 Å². The molecule has 30 heavy (non-hydrogen) atoms. The number of hydrogen-bond acceptors (Lipinski definition) is 6. The second-order valence-corrected chi connectivity index (χ2v) is 6.46. The monoisotopic (exact) mass is 416 g/mol. The third-order valence-corrected chi connectivity index (χ3v) is 4.13. The molecule has 8 heteroatoms. The van der Waals surface area contributed by atoms with Crippen LogP contribution >= 0.6 is 0 Å². The van der Waals surface area contributed by atoms with Gasteiger partial charge in [0, 0.05) is 11.1 Å². The first-order valence-corrected chi connectivity index (χ1v) is 9.23. The van der Waals surface area contributed by atoms with Gasteiger partial charge in [-0.1, -0.05) is 60.7 Å². The molecular weight excluding hydrogens is 392 g/mol. The molecule has 0 bridgehead atoms. The topological polar surface area (TPSA) is 149 Å². The van der Waals surface area contributed by atoms with Crippen LogP contribution in [0.5, 0.6) is 0 Å². The number of hydrogen-bond donors (Lipinski definition) is 4. The van der Waals surface area contributed by atoms with Crippen LogP contribution in [0.15, 0.2) is 60.7 Å². The molecule has 1 aliphatic carbocycles. The number of ketones is 2. The Labute approximate surface area is 173 Å². The van der Waals surface area contributed by atoms with Crippen molar-refractivity contribution in [3.63, 3.8) is 0 Å². The van der Waals surface area contributed by atoms with Crippen molar-refractivity contribution < 1.29 is 39.6 Å². The molecular formula is C22H24O8. The average molecular weight is 416 g/mol. The highest BCUT2D eigenvalue weighted by molar-refractivity contribution is 6.40. The molecule has 2 aromatic rings. The Balaban J connectivity index is 0.000000228.